The summed E-state index contributed by atoms with van der Waals surface area (Å²) in [4.78, 5) is 27.6. The Labute approximate surface area is 217 Å². The minimum Gasteiger partial charge on any atom is -0.490 e. The first-order chi connectivity index (χ1) is 18.1. The van der Waals surface area contributed by atoms with Gasteiger partial charge in [-0.15, -0.1) is 0 Å². The maximum atomic E-state index is 13.2. The van der Waals surface area contributed by atoms with Crippen molar-refractivity contribution >= 4 is 17.5 Å². The van der Waals surface area contributed by atoms with Gasteiger partial charge in [0.2, 0.25) is 0 Å². The van der Waals surface area contributed by atoms with Gasteiger partial charge in [0.05, 0.1) is 11.3 Å². The summed E-state index contributed by atoms with van der Waals surface area (Å²) in [7, 11) is 1.67. The van der Waals surface area contributed by atoms with E-state index < -0.39 is 0 Å². The Bertz CT molecular complexity index is 1290. The van der Waals surface area contributed by atoms with Gasteiger partial charge in [-0.3, -0.25) is 9.59 Å². The van der Waals surface area contributed by atoms with Crippen molar-refractivity contribution < 1.29 is 19.1 Å². The summed E-state index contributed by atoms with van der Waals surface area (Å²) in [6, 6.07) is 33.6. The van der Waals surface area contributed by atoms with E-state index in [1.807, 2.05) is 66.7 Å². The lowest BCUT2D eigenvalue weighted by Crippen LogP contribution is -2.31. The maximum absolute atomic E-state index is 13.2. The summed E-state index contributed by atoms with van der Waals surface area (Å²) < 4.78 is 11.4. The Morgan fingerprint density at radius 3 is 1.95 bits per heavy atom. The number of anilines is 1. The van der Waals surface area contributed by atoms with Crippen LogP contribution < -0.4 is 19.7 Å². The highest BCUT2D eigenvalue weighted by Gasteiger charge is 2.19. The van der Waals surface area contributed by atoms with Crippen molar-refractivity contribution in [2.24, 2.45) is 0 Å². The lowest BCUT2D eigenvalue weighted by Gasteiger charge is -2.21. The van der Waals surface area contributed by atoms with E-state index >= 15 is 0 Å². The van der Waals surface area contributed by atoms with Crippen LogP contribution in [0.3, 0.4) is 0 Å². The molecule has 0 fully saturated rings. The molecule has 0 spiro atoms. The van der Waals surface area contributed by atoms with Crippen LogP contribution in [0.25, 0.3) is 0 Å². The molecule has 0 atom stereocenters. The van der Waals surface area contributed by atoms with Gasteiger partial charge >= 0.3 is 0 Å². The first-order valence-electron chi connectivity index (χ1n) is 12.2. The smallest absolute Gasteiger partial charge is 0.258 e. The monoisotopic (exact) mass is 494 g/mol. The largest absolute Gasteiger partial charge is 0.490 e. The van der Waals surface area contributed by atoms with Crippen molar-refractivity contribution in [1.29, 1.82) is 0 Å². The van der Waals surface area contributed by atoms with Crippen LogP contribution in [0, 0.1) is 0 Å². The van der Waals surface area contributed by atoms with Crippen LogP contribution in [-0.2, 0) is 6.42 Å². The maximum Gasteiger partial charge on any atom is 0.258 e. The third-order valence-corrected chi connectivity index (χ3v) is 5.82. The van der Waals surface area contributed by atoms with E-state index in [4.69, 9.17) is 9.47 Å². The fourth-order valence-corrected chi connectivity index (χ4v) is 3.85. The molecular formula is C31H30N2O4. The van der Waals surface area contributed by atoms with Crippen LogP contribution in [0.2, 0.25) is 0 Å². The second kappa shape index (κ2) is 12.9. The number of rotatable bonds is 11. The van der Waals surface area contributed by atoms with E-state index in [-0.39, 0.29) is 11.8 Å². The molecule has 0 aliphatic heterocycles. The molecule has 37 heavy (non-hydrogen) atoms. The molecule has 0 unspecified atom stereocenters. The van der Waals surface area contributed by atoms with Gasteiger partial charge in [-0.25, -0.2) is 0 Å². The predicted octanol–water partition coefficient (Wildman–Crippen LogP) is 5.39. The number of carbonyl (C=O) groups is 2. The van der Waals surface area contributed by atoms with Crippen molar-refractivity contribution in [2.45, 2.75) is 6.42 Å². The molecular weight excluding hydrogens is 464 g/mol. The molecule has 0 aromatic heterocycles. The van der Waals surface area contributed by atoms with Crippen molar-refractivity contribution in [3.63, 3.8) is 0 Å². The lowest BCUT2D eigenvalue weighted by molar-refractivity contribution is 0.0954. The van der Waals surface area contributed by atoms with Crippen LogP contribution in [0.1, 0.15) is 26.3 Å². The topological polar surface area (TPSA) is 67.9 Å². The van der Waals surface area contributed by atoms with Crippen LogP contribution in [0.4, 0.5) is 5.69 Å². The molecule has 0 aliphatic rings. The van der Waals surface area contributed by atoms with Gasteiger partial charge in [-0.2, -0.15) is 0 Å². The summed E-state index contributed by atoms with van der Waals surface area (Å²) in [5.74, 6) is 1.01. The van der Waals surface area contributed by atoms with Gasteiger partial charge in [-0.1, -0.05) is 60.7 Å². The van der Waals surface area contributed by atoms with E-state index in [9.17, 15) is 9.59 Å². The second-order valence-electron chi connectivity index (χ2n) is 8.41. The molecule has 6 nitrogen and oxygen atoms in total. The summed E-state index contributed by atoms with van der Waals surface area (Å²) in [5, 5.41) is 2.96. The zero-order chi connectivity index (χ0) is 25.9. The SMILES string of the molecule is CN(C(=O)c1ccc(OCCOc2ccccc2)cc1)c1ccccc1C(=O)NCCc1ccccc1. The Morgan fingerprint density at radius 1 is 0.703 bits per heavy atom. The zero-order valence-electron chi connectivity index (χ0n) is 20.8. The summed E-state index contributed by atoms with van der Waals surface area (Å²) in [5.41, 5.74) is 2.64. The summed E-state index contributed by atoms with van der Waals surface area (Å²) >= 11 is 0. The number of carbonyl (C=O) groups excluding carboxylic acids is 2. The summed E-state index contributed by atoms with van der Waals surface area (Å²) in [6.45, 7) is 1.30. The molecule has 0 radical (unpaired) electrons. The third kappa shape index (κ3) is 7.21. The molecule has 4 aromatic rings. The van der Waals surface area contributed by atoms with Crippen LogP contribution in [0.15, 0.2) is 109 Å². The van der Waals surface area contributed by atoms with Gasteiger partial charge in [0.1, 0.15) is 24.7 Å². The summed E-state index contributed by atoms with van der Waals surface area (Å²) in [6.07, 6.45) is 0.732. The van der Waals surface area contributed by atoms with E-state index in [1.54, 1.807) is 49.5 Å². The molecule has 0 bridgehead atoms. The van der Waals surface area contributed by atoms with Crippen LogP contribution in [0.5, 0.6) is 11.5 Å². The third-order valence-electron chi connectivity index (χ3n) is 5.82. The predicted molar refractivity (Wildman–Crippen MR) is 146 cm³/mol. The van der Waals surface area contributed by atoms with E-state index in [1.165, 1.54) is 4.90 Å². The van der Waals surface area contributed by atoms with Gasteiger partial charge < -0.3 is 19.7 Å². The fourth-order valence-electron chi connectivity index (χ4n) is 3.85. The van der Waals surface area contributed by atoms with Crippen molar-refractivity contribution in [3.05, 3.63) is 126 Å². The van der Waals surface area contributed by atoms with Crippen LogP contribution >= 0.6 is 0 Å². The van der Waals surface area contributed by atoms with Crippen molar-refractivity contribution in [2.75, 3.05) is 31.7 Å². The Hall–Kier alpha value is -4.58. The molecule has 0 aliphatic carbocycles. The molecule has 0 heterocycles. The number of hydrogen-bond acceptors (Lipinski definition) is 4. The molecule has 188 valence electrons. The molecule has 0 saturated heterocycles. The number of hydrogen-bond donors (Lipinski definition) is 1. The minimum atomic E-state index is -0.219. The highest BCUT2D eigenvalue weighted by atomic mass is 16.5. The number of nitrogens with zero attached hydrogens (tertiary/aromatic N) is 1. The van der Waals surface area contributed by atoms with E-state index in [2.05, 4.69) is 5.32 Å². The molecule has 6 heteroatoms. The Balaban J connectivity index is 1.32. The first-order valence-corrected chi connectivity index (χ1v) is 12.2. The standard InChI is InChI=1S/C31H30N2O4/c1-33(29-15-9-8-14-28(29)30(34)32-21-20-24-10-4-2-5-11-24)31(35)25-16-18-27(19-17-25)37-23-22-36-26-12-6-3-7-13-26/h2-19H,20-23H2,1H3,(H,32,34). The normalized spacial score (nSPS) is 10.4. The van der Waals surface area contributed by atoms with Gasteiger partial charge in [-0.05, 0) is 60.5 Å². The highest BCUT2D eigenvalue weighted by molar-refractivity contribution is 6.10. The number of amides is 2. The number of nitrogens with one attached hydrogen (secondary N) is 1. The fraction of sp³-hybridized carbons (Fsp3) is 0.161. The van der Waals surface area contributed by atoms with Crippen molar-refractivity contribution in [1.82, 2.24) is 5.32 Å². The quantitative estimate of drug-likeness (QED) is 0.284. The molecule has 4 rings (SSSR count). The van der Waals surface area contributed by atoms with E-state index in [0.717, 1.165) is 17.7 Å². The molecule has 4 aromatic carbocycles. The van der Waals surface area contributed by atoms with Crippen molar-refractivity contribution in [3.8, 4) is 11.5 Å². The Morgan fingerprint density at radius 2 is 1.27 bits per heavy atom. The van der Waals surface area contributed by atoms with Gasteiger partial charge in [0.25, 0.3) is 11.8 Å². The Kier molecular flexibility index (Phi) is 8.92. The lowest BCUT2D eigenvalue weighted by atomic mass is 10.1. The zero-order valence-corrected chi connectivity index (χ0v) is 20.8. The van der Waals surface area contributed by atoms with Gasteiger partial charge in [0.15, 0.2) is 0 Å². The number of benzene rings is 4. The first kappa shape index (κ1) is 25.5. The minimum absolute atomic E-state index is 0.215. The van der Waals surface area contributed by atoms with E-state index in [0.29, 0.717) is 42.3 Å². The van der Waals surface area contributed by atoms with Gasteiger partial charge in [0, 0.05) is 19.2 Å². The molecule has 1 N–H and O–H groups in total. The van der Waals surface area contributed by atoms with Crippen LogP contribution in [-0.4, -0.2) is 38.6 Å². The molecule has 0 saturated carbocycles. The average Bonchev–Trinajstić information content (AvgIpc) is 2.96. The highest BCUT2D eigenvalue weighted by Crippen LogP contribution is 2.22. The molecule has 2 amide bonds. The second-order valence-corrected chi connectivity index (χ2v) is 8.41. The number of para-hydroxylation sites is 2. The average molecular weight is 495 g/mol. The number of ether oxygens (including phenoxy) is 2.